The van der Waals surface area contributed by atoms with Gasteiger partial charge in [0.25, 0.3) is 5.91 Å². The Morgan fingerprint density at radius 2 is 1.82 bits per heavy atom. The van der Waals surface area contributed by atoms with Crippen molar-refractivity contribution in [2.45, 2.75) is 46.7 Å². The van der Waals surface area contributed by atoms with Crippen molar-refractivity contribution < 1.29 is 14.0 Å². The van der Waals surface area contributed by atoms with Crippen LogP contribution in [0.1, 0.15) is 48.7 Å². The van der Waals surface area contributed by atoms with E-state index in [-0.39, 0.29) is 23.9 Å². The minimum Gasteiger partial charge on any atom is -0.466 e. The second-order valence-electron chi connectivity index (χ2n) is 7.58. The lowest BCUT2D eigenvalue weighted by molar-refractivity contribution is -0.121. The summed E-state index contributed by atoms with van der Waals surface area (Å²) < 4.78 is 7.26. The fraction of sp³-hybridized carbons (Fsp3) is 0.550. The van der Waals surface area contributed by atoms with Gasteiger partial charge in [0.05, 0.1) is 17.8 Å². The Kier molecular flexibility index (Phi) is 5.88. The molecule has 3 heterocycles. The molecule has 0 aliphatic carbocycles. The maximum Gasteiger partial charge on any atom is 0.257 e. The van der Waals surface area contributed by atoms with Gasteiger partial charge in [-0.25, -0.2) is 4.68 Å². The number of hydrogen-bond acceptors (Lipinski definition) is 5. The Labute approximate surface area is 165 Å². The number of nitrogens with zero attached hydrogens (tertiary/aromatic N) is 4. The molecule has 2 aromatic heterocycles. The van der Waals surface area contributed by atoms with Gasteiger partial charge in [-0.3, -0.25) is 14.5 Å². The molecule has 1 saturated heterocycles. The molecule has 28 heavy (non-hydrogen) atoms. The summed E-state index contributed by atoms with van der Waals surface area (Å²) in [5.41, 5.74) is 0.624. The van der Waals surface area contributed by atoms with E-state index in [9.17, 15) is 9.59 Å². The van der Waals surface area contributed by atoms with Crippen LogP contribution in [0, 0.1) is 13.8 Å². The third kappa shape index (κ3) is 4.11. The second kappa shape index (κ2) is 8.18. The first-order valence-electron chi connectivity index (χ1n) is 9.72. The summed E-state index contributed by atoms with van der Waals surface area (Å²) in [5.74, 6) is 2.02. The fourth-order valence-corrected chi connectivity index (χ4v) is 3.55. The average Bonchev–Trinajstić information content (AvgIpc) is 3.26. The highest BCUT2D eigenvalue weighted by Crippen LogP contribution is 2.18. The van der Waals surface area contributed by atoms with E-state index in [0.29, 0.717) is 43.3 Å². The van der Waals surface area contributed by atoms with Crippen molar-refractivity contribution in [3.8, 4) is 0 Å². The highest BCUT2D eigenvalue weighted by molar-refractivity contribution is 5.95. The van der Waals surface area contributed by atoms with Crippen LogP contribution < -0.4 is 5.32 Å². The maximum absolute atomic E-state index is 12.7. The van der Waals surface area contributed by atoms with Crippen LogP contribution in [0.3, 0.4) is 0 Å². The van der Waals surface area contributed by atoms with Crippen molar-refractivity contribution in [2.75, 3.05) is 31.5 Å². The van der Waals surface area contributed by atoms with Crippen molar-refractivity contribution in [1.82, 2.24) is 19.6 Å². The van der Waals surface area contributed by atoms with Crippen molar-refractivity contribution in [3.63, 3.8) is 0 Å². The number of aromatic nitrogens is 2. The number of carbonyl (C=O) groups is 2. The number of aryl methyl sites for hydroxylation is 2. The third-order valence-corrected chi connectivity index (χ3v) is 5.21. The molecule has 1 atom stereocenters. The Hall–Kier alpha value is -2.61. The molecule has 1 aliphatic rings. The SMILES string of the molecule is Cc1cc(C(=O)N2CCN(C(C)C(=O)Nc3ccnn3C(C)C)CC2)c(C)o1. The quantitative estimate of drug-likeness (QED) is 0.852. The average molecular weight is 387 g/mol. The number of hydrogen-bond donors (Lipinski definition) is 1. The van der Waals surface area contributed by atoms with Gasteiger partial charge in [0.15, 0.2) is 0 Å². The summed E-state index contributed by atoms with van der Waals surface area (Å²) in [6, 6.07) is 3.48. The maximum atomic E-state index is 12.7. The number of anilines is 1. The number of rotatable bonds is 5. The normalized spacial score (nSPS) is 16.4. The predicted octanol–water partition coefficient (Wildman–Crippen LogP) is 2.46. The highest BCUT2D eigenvalue weighted by Gasteiger charge is 2.29. The molecular formula is C20H29N5O3. The van der Waals surface area contributed by atoms with Gasteiger partial charge in [-0.1, -0.05) is 0 Å². The molecule has 0 aromatic carbocycles. The number of amides is 2. The summed E-state index contributed by atoms with van der Waals surface area (Å²) >= 11 is 0. The van der Waals surface area contributed by atoms with E-state index >= 15 is 0 Å². The molecule has 1 N–H and O–H groups in total. The molecule has 0 radical (unpaired) electrons. The summed E-state index contributed by atoms with van der Waals surface area (Å²) in [6.45, 7) is 12.1. The zero-order valence-corrected chi connectivity index (χ0v) is 17.2. The Morgan fingerprint density at radius 3 is 2.39 bits per heavy atom. The van der Waals surface area contributed by atoms with Crippen LogP contribution in [0.2, 0.25) is 0 Å². The van der Waals surface area contributed by atoms with E-state index in [0.717, 1.165) is 5.76 Å². The summed E-state index contributed by atoms with van der Waals surface area (Å²) in [7, 11) is 0. The first kappa shape index (κ1) is 20.1. The molecular weight excluding hydrogens is 358 g/mol. The number of furan rings is 1. The lowest BCUT2D eigenvalue weighted by Crippen LogP contribution is -2.54. The lowest BCUT2D eigenvalue weighted by atomic mass is 10.1. The van der Waals surface area contributed by atoms with E-state index in [1.165, 1.54) is 0 Å². The van der Waals surface area contributed by atoms with E-state index < -0.39 is 0 Å². The van der Waals surface area contributed by atoms with Gasteiger partial charge >= 0.3 is 0 Å². The monoisotopic (exact) mass is 387 g/mol. The van der Waals surface area contributed by atoms with Crippen LogP contribution in [-0.4, -0.2) is 63.6 Å². The number of nitrogens with one attached hydrogen (secondary N) is 1. The van der Waals surface area contributed by atoms with Gasteiger partial charge in [-0.15, -0.1) is 0 Å². The lowest BCUT2D eigenvalue weighted by Gasteiger charge is -2.37. The zero-order chi connectivity index (χ0) is 20.4. The molecule has 152 valence electrons. The van der Waals surface area contributed by atoms with Crippen LogP contribution in [0.4, 0.5) is 5.82 Å². The van der Waals surface area contributed by atoms with Crippen LogP contribution in [-0.2, 0) is 4.79 Å². The summed E-state index contributed by atoms with van der Waals surface area (Å²) in [6.07, 6.45) is 1.68. The molecule has 2 amide bonds. The zero-order valence-electron chi connectivity index (χ0n) is 17.2. The molecule has 1 unspecified atom stereocenters. The summed E-state index contributed by atoms with van der Waals surface area (Å²) in [4.78, 5) is 29.3. The Balaban J connectivity index is 1.56. The van der Waals surface area contributed by atoms with Gasteiger partial charge < -0.3 is 14.6 Å². The molecule has 8 nitrogen and oxygen atoms in total. The molecule has 1 fully saturated rings. The van der Waals surface area contributed by atoms with Gasteiger partial charge in [0.2, 0.25) is 5.91 Å². The minimum absolute atomic E-state index is 0.00746. The smallest absolute Gasteiger partial charge is 0.257 e. The van der Waals surface area contributed by atoms with Crippen LogP contribution in [0.5, 0.6) is 0 Å². The van der Waals surface area contributed by atoms with Crippen molar-refractivity contribution in [1.29, 1.82) is 0 Å². The van der Waals surface area contributed by atoms with E-state index in [2.05, 4.69) is 15.3 Å². The molecule has 3 rings (SSSR count). The topological polar surface area (TPSA) is 83.6 Å². The van der Waals surface area contributed by atoms with Gasteiger partial charge in [0, 0.05) is 38.3 Å². The van der Waals surface area contributed by atoms with Crippen molar-refractivity contribution in [2.24, 2.45) is 0 Å². The van der Waals surface area contributed by atoms with Crippen molar-refractivity contribution in [3.05, 3.63) is 35.4 Å². The van der Waals surface area contributed by atoms with E-state index in [1.807, 2.05) is 39.5 Å². The molecule has 0 saturated carbocycles. The largest absolute Gasteiger partial charge is 0.466 e. The minimum atomic E-state index is -0.286. The number of carbonyl (C=O) groups excluding carboxylic acids is 2. The first-order valence-corrected chi connectivity index (χ1v) is 9.72. The second-order valence-corrected chi connectivity index (χ2v) is 7.58. The molecule has 2 aromatic rings. The predicted molar refractivity (Wildman–Crippen MR) is 106 cm³/mol. The van der Waals surface area contributed by atoms with Gasteiger partial charge in [0.1, 0.15) is 17.3 Å². The van der Waals surface area contributed by atoms with E-state index in [4.69, 9.17) is 4.42 Å². The van der Waals surface area contributed by atoms with Crippen LogP contribution in [0.25, 0.3) is 0 Å². The molecule has 1 aliphatic heterocycles. The van der Waals surface area contributed by atoms with Crippen LogP contribution in [0.15, 0.2) is 22.7 Å². The standard InChI is InChI=1S/C20H29N5O3/c1-13(2)25-18(6-7-21-25)22-19(26)15(4)23-8-10-24(11-9-23)20(27)17-12-14(3)28-16(17)5/h6-7,12-13,15H,8-11H2,1-5H3,(H,22,26). The van der Waals surface area contributed by atoms with Crippen LogP contribution >= 0.6 is 0 Å². The van der Waals surface area contributed by atoms with E-state index in [1.54, 1.807) is 23.0 Å². The molecule has 0 spiro atoms. The van der Waals surface area contributed by atoms with Crippen molar-refractivity contribution >= 4 is 17.6 Å². The fourth-order valence-electron chi connectivity index (χ4n) is 3.55. The third-order valence-electron chi connectivity index (χ3n) is 5.21. The Morgan fingerprint density at radius 1 is 1.14 bits per heavy atom. The molecule has 0 bridgehead atoms. The Bertz CT molecular complexity index is 846. The highest BCUT2D eigenvalue weighted by atomic mass is 16.3. The summed E-state index contributed by atoms with van der Waals surface area (Å²) in [5, 5.41) is 7.21. The molecule has 8 heteroatoms. The number of piperazine rings is 1. The first-order chi connectivity index (χ1) is 13.3. The van der Waals surface area contributed by atoms with Gasteiger partial charge in [-0.2, -0.15) is 5.10 Å². The van der Waals surface area contributed by atoms with Gasteiger partial charge in [-0.05, 0) is 40.7 Å².